The number of carbonyl (C=O) groups is 1. The van der Waals surface area contributed by atoms with E-state index in [0.29, 0.717) is 29.4 Å². The fraction of sp³-hybridized carbons (Fsp3) is 0.0476. The topological polar surface area (TPSA) is 116 Å². The molecule has 3 aromatic heterocycles. The van der Waals surface area contributed by atoms with Crippen LogP contribution in [0.4, 0.5) is 11.6 Å². The Morgan fingerprint density at radius 1 is 1.23 bits per heavy atom. The standard InChI is InChI=1S/C21H16N6O3S/c28-19(9-8-15-4-1-6-17(12-15)27(29)30)26-21(23-14-18-7-3-11-31-18)24-20(25-26)16-5-2-10-22-13-16/h1-13H,14H2,(H,23,24,25). The highest BCUT2D eigenvalue weighted by molar-refractivity contribution is 7.09. The maximum absolute atomic E-state index is 12.9. The maximum Gasteiger partial charge on any atom is 0.274 e. The van der Waals surface area contributed by atoms with E-state index in [1.54, 1.807) is 48.0 Å². The minimum Gasteiger partial charge on any atom is -0.349 e. The number of nitrogens with zero attached hydrogens (tertiary/aromatic N) is 5. The minimum absolute atomic E-state index is 0.0486. The van der Waals surface area contributed by atoms with E-state index in [0.717, 1.165) is 4.88 Å². The van der Waals surface area contributed by atoms with Gasteiger partial charge in [-0.05, 0) is 35.2 Å². The second-order valence-electron chi connectivity index (χ2n) is 6.37. The molecule has 3 heterocycles. The molecular weight excluding hydrogens is 416 g/mol. The summed E-state index contributed by atoms with van der Waals surface area (Å²) >= 11 is 1.59. The molecule has 0 amide bonds. The van der Waals surface area contributed by atoms with E-state index in [9.17, 15) is 14.9 Å². The van der Waals surface area contributed by atoms with Gasteiger partial charge >= 0.3 is 0 Å². The fourth-order valence-corrected chi connectivity index (χ4v) is 3.40. The van der Waals surface area contributed by atoms with E-state index in [4.69, 9.17) is 0 Å². The lowest BCUT2D eigenvalue weighted by molar-refractivity contribution is -0.384. The average molecular weight is 432 g/mol. The Morgan fingerprint density at radius 3 is 2.87 bits per heavy atom. The van der Waals surface area contributed by atoms with Crippen molar-refractivity contribution in [2.45, 2.75) is 6.54 Å². The van der Waals surface area contributed by atoms with Gasteiger partial charge in [0.1, 0.15) is 0 Å². The Balaban J connectivity index is 1.61. The highest BCUT2D eigenvalue weighted by Crippen LogP contribution is 2.19. The summed E-state index contributed by atoms with van der Waals surface area (Å²) in [5.74, 6) is 0.211. The SMILES string of the molecule is O=C(C=Cc1cccc([N+](=O)[O-])c1)n1nc(-c2cccnc2)nc1NCc1cccs1. The van der Waals surface area contributed by atoms with Crippen molar-refractivity contribution in [3.63, 3.8) is 0 Å². The van der Waals surface area contributed by atoms with Gasteiger partial charge in [-0.15, -0.1) is 16.4 Å². The van der Waals surface area contributed by atoms with Gasteiger partial charge < -0.3 is 5.32 Å². The Morgan fingerprint density at radius 2 is 2.13 bits per heavy atom. The van der Waals surface area contributed by atoms with Crippen LogP contribution in [0.3, 0.4) is 0 Å². The number of nitro groups is 1. The van der Waals surface area contributed by atoms with Crippen LogP contribution in [0.5, 0.6) is 0 Å². The largest absolute Gasteiger partial charge is 0.349 e. The van der Waals surface area contributed by atoms with E-state index in [2.05, 4.69) is 20.4 Å². The lowest BCUT2D eigenvalue weighted by Crippen LogP contribution is -2.14. The van der Waals surface area contributed by atoms with Gasteiger partial charge in [0.2, 0.25) is 5.95 Å². The molecule has 1 aromatic carbocycles. The fourth-order valence-electron chi connectivity index (χ4n) is 2.76. The summed E-state index contributed by atoms with van der Waals surface area (Å²) in [7, 11) is 0. The number of anilines is 1. The number of hydrogen-bond donors (Lipinski definition) is 1. The Bertz CT molecular complexity index is 1240. The quantitative estimate of drug-likeness (QED) is 0.263. The van der Waals surface area contributed by atoms with E-state index >= 15 is 0 Å². The molecule has 0 unspecified atom stereocenters. The second-order valence-corrected chi connectivity index (χ2v) is 7.40. The highest BCUT2D eigenvalue weighted by Gasteiger charge is 2.16. The van der Waals surface area contributed by atoms with E-state index in [1.165, 1.54) is 29.0 Å². The van der Waals surface area contributed by atoms with Gasteiger partial charge in [-0.25, -0.2) is 0 Å². The molecule has 0 fully saturated rings. The number of thiophene rings is 1. The van der Waals surface area contributed by atoms with Gasteiger partial charge in [-0.1, -0.05) is 18.2 Å². The van der Waals surface area contributed by atoms with Gasteiger partial charge in [-0.2, -0.15) is 9.67 Å². The highest BCUT2D eigenvalue weighted by atomic mass is 32.1. The summed E-state index contributed by atoms with van der Waals surface area (Å²) in [4.78, 5) is 32.9. The Labute approximate surface area is 180 Å². The number of hydrogen-bond acceptors (Lipinski definition) is 8. The van der Waals surface area contributed by atoms with E-state index in [1.807, 2.05) is 17.5 Å². The molecule has 4 aromatic rings. The van der Waals surface area contributed by atoms with Gasteiger partial charge in [0.25, 0.3) is 11.6 Å². The number of carbonyl (C=O) groups excluding carboxylic acids is 1. The molecular formula is C21H16N6O3S. The number of allylic oxidation sites excluding steroid dienone is 1. The molecule has 154 valence electrons. The molecule has 4 rings (SSSR count). The molecule has 31 heavy (non-hydrogen) atoms. The molecule has 0 aliphatic carbocycles. The zero-order valence-electron chi connectivity index (χ0n) is 16.1. The van der Waals surface area contributed by atoms with Gasteiger partial charge in [0.05, 0.1) is 11.5 Å². The maximum atomic E-state index is 12.9. The van der Waals surface area contributed by atoms with Crippen molar-refractivity contribution in [2.75, 3.05) is 5.32 Å². The summed E-state index contributed by atoms with van der Waals surface area (Å²) in [6.45, 7) is 0.491. The normalized spacial score (nSPS) is 11.0. The molecule has 0 aliphatic heterocycles. The molecule has 0 radical (unpaired) electrons. The van der Waals surface area contributed by atoms with Crippen molar-refractivity contribution < 1.29 is 9.72 Å². The zero-order chi connectivity index (χ0) is 21.6. The lowest BCUT2D eigenvalue weighted by atomic mass is 10.2. The molecule has 0 saturated heterocycles. The molecule has 9 nitrogen and oxygen atoms in total. The number of aromatic nitrogens is 4. The van der Waals surface area contributed by atoms with Gasteiger partial charge in [-0.3, -0.25) is 19.9 Å². The van der Waals surface area contributed by atoms with E-state index < -0.39 is 10.8 Å². The van der Waals surface area contributed by atoms with Crippen LogP contribution in [0, 0.1) is 10.1 Å². The summed E-state index contributed by atoms with van der Waals surface area (Å²) in [6.07, 6.45) is 6.07. The van der Waals surface area contributed by atoms with Gasteiger partial charge in [0.15, 0.2) is 5.82 Å². The van der Waals surface area contributed by atoms with Crippen LogP contribution in [-0.4, -0.2) is 30.6 Å². The van der Waals surface area contributed by atoms with Crippen molar-refractivity contribution >= 4 is 35.0 Å². The number of benzene rings is 1. The van der Waals surface area contributed by atoms with Crippen LogP contribution >= 0.6 is 11.3 Å². The number of nitro benzene ring substituents is 1. The van der Waals surface area contributed by atoms with Crippen LogP contribution in [0.2, 0.25) is 0 Å². The predicted octanol–water partition coefficient (Wildman–Crippen LogP) is 4.28. The van der Waals surface area contributed by atoms with Crippen molar-refractivity contribution in [2.24, 2.45) is 0 Å². The average Bonchev–Trinajstić information content (AvgIpc) is 3.47. The van der Waals surface area contributed by atoms with Crippen molar-refractivity contribution in [3.8, 4) is 11.4 Å². The Kier molecular flexibility index (Phi) is 5.90. The third kappa shape index (κ3) is 4.87. The van der Waals surface area contributed by atoms with Crippen LogP contribution in [0.25, 0.3) is 17.5 Å². The van der Waals surface area contributed by atoms with Crippen LogP contribution < -0.4 is 5.32 Å². The van der Waals surface area contributed by atoms with Gasteiger partial charge in [0, 0.05) is 41.0 Å². The monoisotopic (exact) mass is 432 g/mol. The van der Waals surface area contributed by atoms with Crippen LogP contribution in [0.15, 0.2) is 72.4 Å². The first kappa shape index (κ1) is 20.1. The Hall–Kier alpha value is -4.18. The van der Waals surface area contributed by atoms with Crippen molar-refractivity contribution in [1.29, 1.82) is 0 Å². The van der Waals surface area contributed by atoms with Crippen LogP contribution in [-0.2, 0) is 6.54 Å². The first-order chi connectivity index (χ1) is 15.1. The lowest BCUT2D eigenvalue weighted by Gasteiger charge is -2.04. The summed E-state index contributed by atoms with van der Waals surface area (Å²) in [6, 6.07) is 13.5. The number of pyridine rings is 1. The molecule has 0 bridgehead atoms. The second kappa shape index (κ2) is 9.09. The van der Waals surface area contributed by atoms with E-state index in [-0.39, 0.29) is 5.69 Å². The summed E-state index contributed by atoms with van der Waals surface area (Å²) < 4.78 is 1.17. The molecule has 0 atom stereocenters. The summed E-state index contributed by atoms with van der Waals surface area (Å²) in [5.41, 5.74) is 1.16. The third-order valence-corrected chi connectivity index (χ3v) is 5.11. The number of non-ortho nitro benzene ring substituents is 1. The van der Waals surface area contributed by atoms with Crippen molar-refractivity contribution in [3.05, 3.63) is 92.9 Å². The zero-order valence-corrected chi connectivity index (χ0v) is 16.9. The molecule has 0 aliphatic rings. The minimum atomic E-state index is -0.483. The number of nitrogens with one attached hydrogen (secondary N) is 1. The van der Waals surface area contributed by atoms with Crippen molar-refractivity contribution in [1.82, 2.24) is 19.7 Å². The molecule has 0 saturated carbocycles. The first-order valence-corrected chi connectivity index (χ1v) is 10.1. The number of rotatable bonds is 7. The summed E-state index contributed by atoms with van der Waals surface area (Å²) in [5, 5.41) is 20.4. The smallest absolute Gasteiger partial charge is 0.274 e. The predicted molar refractivity (Wildman–Crippen MR) is 118 cm³/mol. The molecule has 10 heteroatoms. The van der Waals surface area contributed by atoms with Crippen LogP contribution in [0.1, 0.15) is 15.2 Å². The molecule has 1 N–H and O–H groups in total. The first-order valence-electron chi connectivity index (χ1n) is 9.21. The molecule has 0 spiro atoms. The third-order valence-electron chi connectivity index (χ3n) is 4.24.